The minimum Gasteiger partial charge on any atom is -0.383 e. The van der Waals surface area contributed by atoms with Crippen molar-refractivity contribution in [3.05, 3.63) is 144 Å². The average molecular weight is 570 g/mol. The summed E-state index contributed by atoms with van der Waals surface area (Å²) in [6, 6.07) is 38.9. The third-order valence-corrected chi connectivity index (χ3v) is 7.51. The van der Waals surface area contributed by atoms with Gasteiger partial charge in [-0.2, -0.15) is 5.48 Å². The Balaban J connectivity index is 1.45. The van der Waals surface area contributed by atoms with E-state index in [1.54, 1.807) is 0 Å². The molecule has 0 radical (unpaired) electrons. The van der Waals surface area contributed by atoms with Gasteiger partial charge in [-0.1, -0.05) is 121 Å². The zero-order chi connectivity index (χ0) is 29.0. The maximum atomic E-state index is 12.5. The Morgan fingerprint density at radius 3 is 1.43 bits per heavy atom. The summed E-state index contributed by atoms with van der Waals surface area (Å²) in [6.07, 6.45) is -2.07. The molecule has 0 aromatic heterocycles. The van der Waals surface area contributed by atoms with Crippen molar-refractivity contribution in [2.45, 2.75) is 56.4 Å². The van der Waals surface area contributed by atoms with Crippen molar-refractivity contribution in [3.63, 3.8) is 0 Å². The van der Waals surface area contributed by atoms with Crippen LogP contribution in [-0.4, -0.2) is 48.8 Å². The lowest BCUT2D eigenvalue weighted by Gasteiger charge is -2.35. The minimum absolute atomic E-state index is 0.0290. The molecular weight excluding hydrogens is 530 g/mol. The van der Waals surface area contributed by atoms with Crippen LogP contribution in [-0.2, 0) is 50.2 Å². The lowest BCUT2D eigenvalue weighted by molar-refractivity contribution is -0.180. The molecule has 0 spiro atoms. The van der Waals surface area contributed by atoms with Crippen molar-refractivity contribution < 1.29 is 28.9 Å². The third kappa shape index (κ3) is 7.70. The van der Waals surface area contributed by atoms with Gasteiger partial charge in [0.05, 0.1) is 46.2 Å². The fraction of sp³-hybridized carbons (Fsp3) is 0.314. The maximum Gasteiger partial charge on any atom is 0.137 e. The first-order valence-corrected chi connectivity index (χ1v) is 14.3. The van der Waals surface area contributed by atoms with Gasteiger partial charge in [0.15, 0.2) is 0 Å². The Morgan fingerprint density at radius 2 is 0.976 bits per heavy atom. The highest BCUT2D eigenvalue weighted by molar-refractivity contribution is 5.20. The molecule has 0 bridgehead atoms. The first kappa shape index (κ1) is 30.1. The van der Waals surface area contributed by atoms with Crippen molar-refractivity contribution in [1.29, 1.82) is 0 Å². The molecule has 0 amide bonds. The molecule has 7 nitrogen and oxygen atoms in total. The van der Waals surface area contributed by atoms with E-state index in [1.807, 2.05) is 121 Å². The van der Waals surface area contributed by atoms with Crippen LogP contribution in [0.25, 0.3) is 0 Å². The van der Waals surface area contributed by atoms with Crippen LogP contribution < -0.4 is 5.48 Å². The molecule has 2 N–H and O–H groups in total. The average Bonchev–Trinajstić information content (AvgIpc) is 3.26. The van der Waals surface area contributed by atoms with Gasteiger partial charge in [0, 0.05) is 0 Å². The van der Waals surface area contributed by atoms with Gasteiger partial charge in [-0.25, -0.2) is 0 Å². The molecule has 1 aliphatic carbocycles. The Hall–Kier alpha value is -3.40. The second-order valence-corrected chi connectivity index (χ2v) is 10.5. The van der Waals surface area contributed by atoms with E-state index in [9.17, 15) is 5.11 Å². The van der Waals surface area contributed by atoms with Gasteiger partial charge < -0.3 is 28.9 Å². The van der Waals surface area contributed by atoms with Crippen LogP contribution in [0.2, 0.25) is 0 Å². The SMILES string of the molecule is CON[C@H]1[C@H](OCc2ccccc2)[C@@H](OCc2ccccc2)[C@H](OCc2ccccc2)[C@@]1(O)COCc1ccccc1. The molecule has 5 atom stereocenters. The summed E-state index contributed by atoms with van der Waals surface area (Å²) < 4.78 is 25.8. The number of benzene rings is 4. The van der Waals surface area contributed by atoms with Gasteiger partial charge in [-0.3, -0.25) is 0 Å². The van der Waals surface area contributed by atoms with Gasteiger partial charge in [0.1, 0.15) is 23.9 Å². The number of hydroxylamine groups is 1. The third-order valence-electron chi connectivity index (χ3n) is 7.51. The van der Waals surface area contributed by atoms with Gasteiger partial charge in [-0.05, 0) is 22.3 Å². The molecule has 220 valence electrons. The van der Waals surface area contributed by atoms with E-state index in [-0.39, 0.29) is 13.2 Å². The van der Waals surface area contributed by atoms with Crippen LogP contribution in [0.5, 0.6) is 0 Å². The fourth-order valence-corrected chi connectivity index (χ4v) is 5.39. The molecule has 0 aliphatic heterocycles. The second-order valence-electron chi connectivity index (χ2n) is 10.5. The number of nitrogens with one attached hydrogen (secondary N) is 1. The quantitative estimate of drug-likeness (QED) is 0.190. The molecule has 0 unspecified atom stereocenters. The molecule has 0 saturated heterocycles. The van der Waals surface area contributed by atoms with Gasteiger partial charge in [0.25, 0.3) is 0 Å². The van der Waals surface area contributed by atoms with E-state index in [0.29, 0.717) is 19.8 Å². The smallest absolute Gasteiger partial charge is 0.137 e. The standard InChI is InChI=1S/C35H39NO6/c1-38-36-33-31(40-23-28-16-8-3-9-17-28)32(41-24-29-18-10-4-11-19-29)34(42-25-30-20-12-5-13-21-30)35(33,37)26-39-22-27-14-6-2-7-15-27/h2-21,31-34,36-37H,22-26H2,1H3/t31-,32-,33+,34+,35-/m1/s1. The van der Waals surface area contributed by atoms with E-state index < -0.39 is 30.0 Å². The normalized spacial score (nSPS) is 23.7. The van der Waals surface area contributed by atoms with Gasteiger partial charge >= 0.3 is 0 Å². The Bertz CT molecular complexity index is 1310. The second kappa shape index (κ2) is 15.2. The summed E-state index contributed by atoms with van der Waals surface area (Å²) in [5.74, 6) is 0. The monoisotopic (exact) mass is 569 g/mol. The molecule has 4 aromatic rings. The van der Waals surface area contributed by atoms with Gasteiger partial charge in [-0.15, -0.1) is 0 Å². The Labute approximate surface area is 247 Å². The number of hydrogen-bond acceptors (Lipinski definition) is 7. The lowest BCUT2D eigenvalue weighted by atomic mass is 9.96. The Morgan fingerprint density at radius 1 is 0.571 bits per heavy atom. The summed E-state index contributed by atoms with van der Waals surface area (Å²) in [4.78, 5) is 5.43. The van der Waals surface area contributed by atoms with Crippen LogP contribution in [0.4, 0.5) is 0 Å². The summed E-state index contributed by atoms with van der Waals surface area (Å²) >= 11 is 0. The summed E-state index contributed by atoms with van der Waals surface area (Å²) in [7, 11) is 1.53. The largest absolute Gasteiger partial charge is 0.383 e. The molecule has 0 heterocycles. The minimum atomic E-state index is -1.55. The van der Waals surface area contributed by atoms with Crippen molar-refractivity contribution in [1.82, 2.24) is 5.48 Å². The van der Waals surface area contributed by atoms with Gasteiger partial charge in [0.2, 0.25) is 0 Å². The van der Waals surface area contributed by atoms with E-state index in [1.165, 1.54) is 7.11 Å². The van der Waals surface area contributed by atoms with E-state index >= 15 is 0 Å². The molecule has 1 fully saturated rings. The maximum absolute atomic E-state index is 12.5. The number of ether oxygens (including phenoxy) is 4. The van der Waals surface area contributed by atoms with Crippen LogP contribution in [0.15, 0.2) is 121 Å². The fourth-order valence-electron chi connectivity index (χ4n) is 5.39. The molecule has 7 heteroatoms. The molecule has 42 heavy (non-hydrogen) atoms. The molecule has 1 aliphatic rings. The van der Waals surface area contributed by atoms with Crippen molar-refractivity contribution in [2.75, 3.05) is 13.7 Å². The zero-order valence-corrected chi connectivity index (χ0v) is 23.9. The topological polar surface area (TPSA) is 78.4 Å². The summed E-state index contributed by atoms with van der Waals surface area (Å²) in [5.41, 5.74) is 5.46. The predicted molar refractivity (Wildman–Crippen MR) is 160 cm³/mol. The first-order chi connectivity index (χ1) is 20.7. The highest BCUT2D eigenvalue weighted by Crippen LogP contribution is 2.39. The number of hydrogen-bond donors (Lipinski definition) is 2. The van der Waals surface area contributed by atoms with Crippen LogP contribution in [0.3, 0.4) is 0 Å². The highest BCUT2D eigenvalue weighted by Gasteiger charge is 2.62. The summed E-state index contributed by atoms with van der Waals surface area (Å²) in [5, 5.41) is 12.5. The lowest BCUT2D eigenvalue weighted by Crippen LogP contribution is -2.58. The van der Waals surface area contributed by atoms with Crippen LogP contribution in [0.1, 0.15) is 22.3 Å². The molecule has 1 saturated carbocycles. The van der Waals surface area contributed by atoms with Crippen molar-refractivity contribution in [3.8, 4) is 0 Å². The first-order valence-electron chi connectivity index (χ1n) is 14.3. The van der Waals surface area contributed by atoms with Crippen LogP contribution >= 0.6 is 0 Å². The highest BCUT2D eigenvalue weighted by atomic mass is 16.6. The molecule has 4 aromatic carbocycles. The van der Waals surface area contributed by atoms with E-state index in [4.69, 9.17) is 23.8 Å². The van der Waals surface area contributed by atoms with Crippen molar-refractivity contribution in [2.24, 2.45) is 0 Å². The molecular formula is C35H39NO6. The predicted octanol–water partition coefficient (Wildman–Crippen LogP) is 5.22. The van der Waals surface area contributed by atoms with E-state index in [2.05, 4.69) is 5.48 Å². The van der Waals surface area contributed by atoms with E-state index in [0.717, 1.165) is 22.3 Å². The Kier molecular flexibility index (Phi) is 10.9. The van der Waals surface area contributed by atoms with Crippen LogP contribution in [0, 0.1) is 0 Å². The number of rotatable bonds is 15. The number of aliphatic hydroxyl groups is 1. The summed E-state index contributed by atoms with van der Waals surface area (Å²) in [6.45, 7) is 1.23. The molecule has 5 rings (SSSR count). The van der Waals surface area contributed by atoms with Crippen molar-refractivity contribution >= 4 is 0 Å². The zero-order valence-electron chi connectivity index (χ0n) is 23.9.